The minimum absolute atomic E-state index is 0.181. The highest BCUT2D eigenvalue weighted by Gasteiger charge is 2.12. The molecule has 2 aromatic rings. The average Bonchev–Trinajstić information content (AvgIpc) is 2.54. The van der Waals surface area contributed by atoms with Gasteiger partial charge >= 0.3 is 0 Å². The molecule has 2 N–H and O–H groups in total. The number of hydrogen-bond donors (Lipinski definition) is 2. The van der Waals surface area contributed by atoms with Gasteiger partial charge in [-0.3, -0.25) is 10.1 Å². The zero-order chi connectivity index (χ0) is 17.5. The lowest BCUT2D eigenvalue weighted by Crippen LogP contribution is -2.34. The molecule has 4 nitrogen and oxygen atoms in total. The number of rotatable bonds is 5. The van der Waals surface area contributed by atoms with Gasteiger partial charge in [0.05, 0.1) is 22.9 Å². The molecular weight excluding hydrogens is 344 g/mol. The lowest BCUT2D eigenvalue weighted by molar-refractivity contribution is 0.0978. The summed E-state index contributed by atoms with van der Waals surface area (Å²) in [6.07, 6.45) is 0. The van der Waals surface area contributed by atoms with Gasteiger partial charge < -0.3 is 10.1 Å². The Morgan fingerprint density at radius 1 is 1.17 bits per heavy atom. The second-order valence-corrected chi connectivity index (χ2v) is 6.40. The third-order valence-corrected chi connectivity index (χ3v) is 3.59. The molecule has 0 spiro atoms. The van der Waals surface area contributed by atoms with Gasteiger partial charge in [-0.15, -0.1) is 0 Å². The average molecular weight is 363 g/mol. The van der Waals surface area contributed by atoms with E-state index in [1.165, 1.54) is 0 Å². The Labute approximate surface area is 152 Å². The molecule has 0 aliphatic rings. The lowest BCUT2D eigenvalue weighted by Gasteiger charge is -2.15. The predicted octanol–water partition coefficient (Wildman–Crippen LogP) is 4.50. The first-order chi connectivity index (χ1) is 11.5. The van der Waals surface area contributed by atoms with Crippen LogP contribution >= 0.6 is 23.8 Å². The van der Waals surface area contributed by atoms with E-state index in [1.807, 2.05) is 24.3 Å². The second kappa shape index (κ2) is 8.66. The number of carbonyl (C=O) groups is 1. The summed E-state index contributed by atoms with van der Waals surface area (Å²) in [4.78, 5) is 12.2. The van der Waals surface area contributed by atoms with Gasteiger partial charge in [0.15, 0.2) is 5.11 Å². The van der Waals surface area contributed by atoms with E-state index < -0.39 is 0 Å². The van der Waals surface area contributed by atoms with E-state index in [9.17, 15) is 4.79 Å². The van der Waals surface area contributed by atoms with Gasteiger partial charge in [0.1, 0.15) is 5.75 Å². The Morgan fingerprint density at radius 2 is 1.83 bits per heavy atom. The van der Waals surface area contributed by atoms with E-state index in [4.69, 9.17) is 28.6 Å². The standard InChI is InChI=1S/C18H19ClN2O2S/c1-12(2)11-23-16-10-6-5-9-15(16)20-18(24)21-17(22)13-7-3-4-8-14(13)19/h3-10,12H,11H2,1-2H3,(H2,20,21,22,24). The van der Waals surface area contributed by atoms with Gasteiger partial charge in [-0.1, -0.05) is 49.7 Å². The molecule has 6 heteroatoms. The van der Waals surface area contributed by atoms with Crippen LogP contribution < -0.4 is 15.4 Å². The van der Waals surface area contributed by atoms with E-state index in [0.29, 0.717) is 34.5 Å². The highest BCUT2D eigenvalue weighted by Crippen LogP contribution is 2.24. The topological polar surface area (TPSA) is 50.4 Å². The van der Waals surface area contributed by atoms with Gasteiger partial charge in [0, 0.05) is 0 Å². The largest absolute Gasteiger partial charge is 0.491 e. The van der Waals surface area contributed by atoms with Crippen molar-refractivity contribution in [3.8, 4) is 5.75 Å². The first-order valence-electron chi connectivity index (χ1n) is 7.56. The lowest BCUT2D eigenvalue weighted by atomic mass is 10.2. The van der Waals surface area contributed by atoms with Crippen LogP contribution in [0.15, 0.2) is 48.5 Å². The number of amides is 1. The fourth-order valence-electron chi connectivity index (χ4n) is 1.92. The Balaban J connectivity index is 2.02. The molecule has 0 aliphatic carbocycles. The molecule has 1 amide bonds. The molecule has 0 heterocycles. The summed E-state index contributed by atoms with van der Waals surface area (Å²) >= 11 is 11.2. The van der Waals surface area contributed by atoms with E-state index in [1.54, 1.807) is 24.3 Å². The molecule has 24 heavy (non-hydrogen) atoms. The predicted molar refractivity (Wildman–Crippen MR) is 102 cm³/mol. The van der Waals surface area contributed by atoms with Crippen LogP contribution in [-0.2, 0) is 0 Å². The Kier molecular flexibility index (Phi) is 6.58. The maximum Gasteiger partial charge on any atom is 0.258 e. The van der Waals surface area contributed by atoms with Crippen molar-refractivity contribution in [2.24, 2.45) is 5.92 Å². The summed E-state index contributed by atoms with van der Waals surface area (Å²) in [7, 11) is 0. The van der Waals surface area contributed by atoms with Crippen molar-refractivity contribution in [3.05, 3.63) is 59.1 Å². The summed E-state index contributed by atoms with van der Waals surface area (Å²) in [6, 6.07) is 14.2. The van der Waals surface area contributed by atoms with E-state index in [2.05, 4.69) is 24.5 Å². The smallest absolute Gasteiger partial charge is 0.258 e. The molecule has 0 saturated carbocycles. The van der Waals surface area contributed by atoms with Crippen molar-refractivity contribution in [3.63, 3.8) is 0 Å². The molecule has 0 radical (unpaired) electrons. The second-order valence-electron chi connectivity index (χ2n) is 5.59. The van der Waals surface area contributed by atoms with Gasteiger partial charge in [-0.2, -0.15) is 0 Å². The van der Waals surface area contributed by atoms with Crippen LogP contribution in [-0.4, -0.2) is 17.6 Å². The highest BCUT2D eigenvalue weighted by molar-refractivity contribution is 7.80. The van der Waals surface area contributed by atoms with Crippen molar-refractivity contribution < 1.29 is 9.53 Å². The fraction of sp³-hybridized carbons (Fsp3) is 0.222. The number of halogens is 1. The quantitative estimate of drug-likeness (QED) is 0.769. The number of nitrogens with one attached hydrogen (secondary N) is 2. The first-order valence-corrected chi connectivity index (χ1v) is 8.34. The third kappa shape index (κ3) is 5.22. The van der Waals surface area contributed by atoms with E-state index >= 15 is 0 Å². The Bertz CT molecular complexity index is 734. The maximum absolute atomic E-state index is 12.2. The van der Waals surface area contributed by atoms with Crippen molar-refractivity contribution in [1.82, 2.24) is 5.32 Å². The minimum Gasteiger partial charge on any atom is -0.491 e. The van der Waals surface area contributed by atoms with Crippen LogP contribution in [0.4, 0.5) is 5.69 Å². The fourth-order valence-corrected chi connectivity index (χ4v) is 2.35. The van der Waals surface area contributed by atoms with Crippen molar-refractivity contribution >= 4 is 40.5 Å². The molecule has 2 rings (SSSR count). The Morgan fingerprint density at radius 3 is 2.54 bits per heavy atom. The van der Waals surface area contributed by atoms with Crippen molar-refractivity contribution in [2.75, 3.05) is 11.9 Å². The molecule has 0 bridgehead atoms. The summed E-state index contributed by atoms with van der Waals surface area (Å²) in [5.74, 6) is 0.726. The number of anilines is 1. The Hall–Kier alpha value is -2.11. The molecule has 0 fully saturated rings. The summed E-state index contributed by atoms with van der Waals surface area (Å²) in [5.41, 5.74) is 1.07. The van der Waals surface area contributed by atoms with E-state index in [-0.39, 0.29) is 11.0 Å². The molecule has 2 aromatic carbocycles. The van der Waals surface area contributed by atoms with Gasteiger partial charge in [-0.05, 0) is 42.4 Å². The number of ether oxygens (including phenoxy) is 1. The third-order valence-electron chi connectivity index (χ3n) is 3.05. The number of carbonyl (C=O) groups excluding carboxylic acids is 1. The van der Waals surface area contributed by atoms with Crippen LogP contribution in [0.3, 0.4) is 0 Å². The maximum atomic E-state index is 12.2. The zero-order valence-corrected chi connectivity index (χ0v) is 15.1. The molecular formula is C18H19ClN2O2S. The number of thiocarbonyl (C=S) groups is 1. The van der Waals surface area contributed by atoms with Crippen LogP contribution in [0, 0.1) is 5.92 Å². The highest BCUT2D eigenvalue weighted by atomic mass is 35.5. The summed E-state index contributed by atoms with van der Waals surface area (Å²) in [6.45, 7) is 4.74. The number of para-hydroxylation sites is 2. The number of benzene rings is 2. The van der Waals surface area contributed by atoms with Crippen molar-refractivity contribution in [1.29, 1.82) is 0 Å². The van der Waals surface area contributed by atoms with Crippen LogP contribution in [0.5, 0.6) is 5.75 Å². The monoisotopic (exact) mass is 362 g/mol. The SMILES string of the molecule is CC(C)COc1ccccc1NC(=S)NC(=O)c1ccccc1Cl. The van der Waals surface area contributed by atoms with Crippen LogP contribution in [0.2, 0.25) is 5.02 Å². The molecule has 126 valence electrons. The normalized spacial score (nSPS) is 10.3. The first kappa shape index (κ1) is 18.2. The summed E-state index contributed by atoms with van der Waals surface area (Å²) in [5, 5.41) is 6.16. The van der Waals surface area contributed by atoms with Gasteiger partial charge in [-0.25, -0.2) is 0 Å². The zero-order valence-electron chi connectivity index (χ0n) is 13.5. The van der Waals surface area contributed by atoms with Crippen LogP contribution in [0.1, 0.15) is 24.2 Å². The molecule has 0 saturated heterocycles. The van der Waals surface area contributed by atoms with Crippen molar-refractivity contribution in [2.45, 2.75) is 13.8 Å². The molecule has 0 aliphatic heterocycles. The summed E-state index contributed by atoms with van der Waals surface area (Å²) < 4.78 is 5.75. The van der Waals surface area contributed by atoms with Gasteiger partial charge in [0.2, 0.25) is 0 Å². The molecule has 0 atom stereocenters. The molecule has 0 unspecified atom stereocenters. The number of hydrogen-bond acceptors (Lipinski definition) is 3. The molecule has 0 aromatic heterocycles. The van der Waals surface area contributed by atoms with Gasteiger partial charge in [0.25, 0.3) is 5.91 Å². The van der Waals surface area contributed by atoms with E-state index in [0.717, 1.165) is 0 Å². The van der Waals surface area contributed by atoms with Crippen LogP contribution in [0.25, 0.3) is 0 Å². The minimum atomic E-state index is -0.362.